The van der Waals surface area contributed by atoms with Crippen LogP contribution in [0.1, 0.15) is 27.0 Å². The quantitative estimate of drug-likeness (QED) is 0.714. The Morgan fingerprint density at radius 2 is 1.96 bits per heavy atom. The first kappa shape index (κ1) is 14.1. The van der Waals surface area contributed by atoms with Gasteiger partial charge in [0.15, 0.2) is 0 Å². The number of hydrogen-bond acceptors (Lipinski definition) is 4. The normalized spacial score (nSPS) is 20.6. The second kappa shape index (κ2) is 4.63. The average molecular weight is 331 g/mol. The molecule has 0 unspecified atom stereocenters. The molecule has 2 aromatic heterocycles. The Morgan fingerprint density at radius 3 is 2.76 bits per heavy atom. The highest BCUT2D eigenvalue weighted by molar-refractivity contribution is 6.06. The molecule has 122 valence electrons. The summed E-state index contributed by atoms with van der Waals surface area (Å²) < 4.78 is 0. The zero-order valence-electron chi connectivity index (χ0n) is 13.1. The molecule has 0 saturated carbocycles. The maximum atomic E-state index is 12.7. The standard InChI is InChI=1S/C19H13N3O3/c23-17(24)13-5-10-4-11-7-19(8-12(11)6-15(10)21-9-13)14-2-1-3-20-16(14)22-18(19)25/h1-6,9H,7-8H2,(H,23,24)(H,20,22,25)/t19-/m0/s1. The molecular weight excluding hydrogens is 318 g/mol. The number of anilines is 1. The fourth-order valence-corrected chi connectivity index (χ4v) is 4.02. The number of nitrogens with one attached hydrogen (secondary N) is 1. The summed E-state index contributed by atoms with van der Waals surface area (Å²) in [5.41, 5.74) is 3.34. The lowest BCUT2D eigenvalue weighted by Gasteiger charge is -2.20. The van der Waals surface area contributed by atoms with Gasteiger partial charge in [0.05, 0.1) is 16.5 Å². The summed E-state index contributed by atoms with van der Waals surface area (Å²) in [4.78, 5) is 32.4. The molecule has 1 aliphatic heterocycles. The minimum Gasteiger partial charge on any atom is -0.478 e. The summed E-state index contributed by atoms with van der Waals surface area (Å²) in [5, 5.41) is 12.8. The van der Waals surface area contributed by atoms with Gasteiger partial charge in [-0.2, -0.15) is 0 Å². The van der Waals surface area contributed by atoms with E-state index in [9.17, 15) is 9.59 Å². The van der Waals surface area contributed by atoms with Crippen molar-refractivity contribution in [1.82, 2.24) is 9.97 Å². The molecule has 0 saturated heterocycles. The molecule has 0 radical (unpaired) electrons. The van der Waals surface area contributed by atoms with Crippen LogP contribution in [0, 0.1) is 0 Å². The Labute approximate surface area is 142 Å². The lowest BCUT2D eigenvalue weighted by atomic mass is 9.79. The molecule has 5 rings (SSSR count). The minimum absolute atomic E-state index is 0.0272. The van der Waals surface area contributed by atoms with Gasteiger partial charge in [0.1, 0.15) is 5.82 Å². The van der Waals surface area contributed by atoms with Crippen molar-refractivity contribution in [3.8, 4) is 0 Å². The first-order valence-corrected chi connectivity index (χ1v) is 7.99. The van der Waals surface area contributed by atoms with Crippen LogP contribution in [0.4, 0.5) is 5.82 Å². The first-order valence-electron chi connectivity index (χ1n) is 7.99. The van der Waals surface area contributed by atoms with Crippen molar-refractivity contribution in [2.45, 2.75) is 18.3 Å². The lowest BCUT2D eigenvalue weighted by molar-refractivity contribution is -0.120. The van der Waals surface area contributed by atoms with Crippen LogP contribution in [-0.2, 0) is 23.1 Å². The molecule has 2 N–H and O–H groups in total. The van der Waals surface area contributed by atoms with E-state index in [1.54, 1.807) is 12.3 Å². The molecule has 0 bridgehead atoms. The minimum atomic E-state index is -0.999. The Balaban J connectivity index is 1.66. The summed E-state index contributed by atoms with van der Waals surface area (Å²) in [7, 11) is 0. The predicted octanol–water partition coefficient (Wildman–Crippen LogP) is 2.32. The molecule has 2 aliphatic rings. The van der Waals surface area contributed by atoms with Gasteiger partial charge < -0.3 is 10.4 Å². The Morgan fingerprint density at radius 1 is 1.16 bits per heavy atom. The van der Waals surface area contributed by atoms with Gasteiger partial charge in [-0.05, 0) is 48.2 Å². The zero-order chi connectivity index (χ0) is 17.2. The van der Waals surface area contributed by atoms with Crippen molar-refractivity contribution in [2.24, 2.45) is 0 Å². The van der Waals surface area contributed by atoms with Crippen LogP contribution in [-0.4, -0.2) is 27.0 Å². The number of fused-ring (bicyclic) bond motifs is 4. The van der Waals surface area contributed by atoms with Gasteiger partial charge in [0, 0.05) is 23.3 Å². The summed E-state index contributed by atoms with van der Waals surface area (Å²) in [6.45, 7) is 0. The van der Waals surface area contributed by atoms with Gasteiger partial charge >= 0.3 is 5.97 Å². The van der Waals surface area contributed by atoms with Crippen molar-refractivity contribution in [2.75, 3.05) is 5.32 Å². The Kier molecular flexibility index (Phi) is 2.61. The maximum Gasteiger partial charge on any atom is 0.337 e. The van der Waals surface area contributed by atoms with E-state index in [-0.39, 0.29) is 11.5 Å². The summed E-state index contributed by atoms with van der Waals surface area (Å²) >= 11 is 0. The largest absolute Gasteiger partial charge is 0.478 e. The number of amides is 1. The topological polar surface area (TPSA) is 92.2 Å². The van der Waals surface area contributed by atoms with Gasteiger partial charge in [0.2, 0.25) is 5.91 Å². The molecule has 25 heavy (non-hydrogen) atoms. The number of rotatable bonds is 1. The molecule has 3 aromatic rings. The number of aromatic nitrogens is 2. The van der Waals surface area contributed by atoms with Crippen LogP contribution in [0.15, 0.2) is 42.7 Å². The molecule has 3 heterocycles. The fraction of sp³-hybridized carbons (Fsp3) is 0.158. The molecule has 0 fully saturated rings. The van der Waals surface area contributed by atoms with E-state index in [1.807, 2.05) is 24.3 Å². The zero-order valence-corrected chi connectivity index (χ0v) is 13.1. The highest BCUT2D eigenvalue weighted by Gasteiger charge is 2.51. The number of carboxylic acid groups (broad SMARTS) is 1. The number of hydrogen-bond donors (Lipinski definition) is 2. The Bertz CT molecular complexity index is 1090. The number of carboxylic acids is 1. The van der Waals surface area contributed by atoms with E-state index < -0.39 is 11.4 Å². The third-order valence-electron chi connectivity index (χ3n) is 5.22. The fourth-order valence-electron chi connectivity index (χ4n) is 4.02. The van der Waals surface area contributed by atoms with E-state index in [1.165, 1.54) is 6.20 Å². The molecule has 1 atom stereocenters. The van der Waals surface area contributed by atoms with Crippen LogP contribution in [0.5, 0.6) is 0 Å². The van der Waals surface area contributed by atoms with Crippen molar-refractivity contribution < 1.29 is 14.7 Å². The van der Waals surface area contributed by atoms with Crippen molar-refractivity contribution in [3.05, 3.63) is 65.0 Å². The summed E-state index contributed by atoms with van der Waals surface area (Å²) in [6.07, 6.45) is 4.22. The number of pyridine rings is 2. The molecular formula is C19H13N3O3. The van der Waals surface area contributed by atoms with Crippen LogP contribution in [0.3, 0.4) is 0 Å². The molecule has 6 heteroatoms. The monoisotopic (exact) mass is 331 g/mol. The number of carbonyl (C=O) groups excluding carboxylic acids is 1. The summed E-state index contributed by atoms with van der Waals surface area (Å²) in [6, 6.07) is 9.35. The van der Waals surface area contributed by atoms with Gasteiger partial charge in [-0.25, -0.2) is 9.78 Å². The van der Waals surface area contributed by atoms with E-state index in [0.29, 0.717) is 18.7 Å². The molecule has 1 spiro atoms. The highest BCUT2D eigenvalue weighted by Crippen LogP contribution is 2.47. The van der Waals surface area contributed by atoms with Crippen LogP contribution < -0.4 is 5.32 Å². The molecule has 1 amide bonds. The first-order chi connectivity index (χ1) is 12.1. The van der Waals surface area contributed by atoms with Crippen molar-refractivity contribution in [1.29, 1.82) is 0 Å². The summed E-state index contributed by atoms with van der Waals surface area (Å²) in [5.74, 6) is -0.390. The number of nitrogens with zero attached hydrogens (tertiary/aromatic N) is 2. The molecule has 1 aromatic carbocycles. The molecule has 1 aliphatic carbocycles. The van der Waals surface area contributed by atoms with Crippen LogP contribution in [0.25, 0.3) is 10.9 Å². The number of aromatic carboxylic acids is 1. The smallest absolute Gasteiger partial charge is 0.337 e. The van der Waals surface area contributed by atoms with Crippen LogP contribution >= 0.6 is 0 Å². The van der Waals surface area contributed by atoms with Gasteiger partial charge in [-0.1, -0.05) is 6.07 Å². The average Bonchev–Trinajstić information content (AvgIpc) is 3.10. The second-order valence-electron chi connectivity index (χ2n) is 6.63. The number of benzene rings is 1. The molecule has 6 nitrogen and oxygen atoms in total. The SMILES string of the molecule is O=C(O)c1cnc2cc3c(cc2c1)C[C@@]1(C3)C(=O)Nc2ncccc21. The third kappa shape index (κ3) is 1.85. The van der Waals surface area contributed by atoms with Crippen LogP contribution in [0.2, 0.25) is 0 Å². The van der Waals surface area contributed by atoms with E-state index in [0.717, 1.165) is 27.6 Å². The van der Waals surface area contributed by atoms with Gasteiger partial charge in [-0.3, -0.25) is 9.78 Å². The van der Waals surface area contributed by atoms with Crippen molar-refractivity contribution in [3.63, 3.8) is 0 Å². The maximum absolute atomic E-state index is 12.7. The van der Waals surface area contributed by atoms with E-state index in [4.69, 9.17) is 5.11 Å². The van der Waals surface area contributed by atoms with E-state index >= 15 is 0 Å². The highest BCUT2D eigenvalue weighted by atomic mass is 16.4. The lowest BCUT2D eigenvalue weighted by Crippen LogP contribution is -2.35. The van der Waals surface area contributed by atoms with E-state index in [2.05, 4.69) is 15.3 Å². The van der Waals surface area contributed by atoms with Gasteiger partial charge in [0.25, 0.3) is 0 Å². The predicted molar refractivity (Wildman–Crippen MR) is 90.7 cm³/mol. The van der Waals surface area contributed by atoms with Gasteiger partial charge in [-0.15, -0.1) is 0 Å². The second-order valence-corrected chi connectivity index (χ2v) is 6.63. The number of carbonyl (C=O) groups is 2. The Hall–Kier alpha value is -3.28. The third-order valence-corrected chi connectivity index (χ3v) is 5.22. The van der Waals surface area contributed by atoms with Crippen molar-refractivity contribution >= 4 is 28.6 Å².